The third-order valence-electron chi connectivity index (χ3n) is 2.69. The van der Waals surface area contributed by atoms with Crippen LogP contribution in [-0.2, 0) is 11.2 Å². The number of carbonyl (C=O) groups is 1. The van der Waals surface area contributed by atoms with Crippen LogP contribution in [-0.4, -0.2) is 35.0 Å². The molecule has 0 fully saturated rings. The van der Waals surface area contributed by atoms with E-state index >= 15 is 0 Å². The molecule has 0 aromatic carbocycles. The average Bonchev–Trinajstić information content (AvgIpc) is 2.34. The quantitative estimate of drug-likeness (QED) is 0.812. The first-order valence-electron chi connectivity index (χ1n) is 6.53. The molecule has 0 saturated heterocycles. The average molecular weight is 285 g/mol. The van der Waals surface area contributed by atoms with Crippen molar-refractivity contribution in [1.29, 1.82) is 0 Å². The SMILES string of the molecule is CCc1c(Cl)ncnc1N(CC)CC(=O)NC(C)C. The first-order chi connectivity index (χ1) is 8.99. The minimum Gasteiger partial charge on any atom is -0.352 e. The van der Waals surface area contributed by atoms with Gasteiger partial charge in [0.05, 0.1) is 6.54 Å². The van der Waals surface area contributed by atoms with Gasteiger partial charge in [-0.25, -0.2) is 9.97 Å². The lowest BCUT2D eigenvalue weighted by Crippen LogP contribution is -2.40. The zero-order valence-electron chi connectivity index (χ0n) is 11.9. The molecule has 0 aliphatic rings. The summed E-state index contributed by atoms with van der Waals surface area (Å²) in [5.74, 6) is 0.720. The van der Waals surface area contributed by atoms with E-state index in [0.717, 1.165) is 17.8 Å². The van der Waals surface area contributed by atoms with Crippen LogP contribution in [0.25, 0.3) is 0 Å². The van der Waals surface area contributed by atoms with Crippen molar-refractivity contribution in [2.45, 2.75) is 40.2 Å². The molecule has 1 rings (SSSR count). The summed E-state index contributed by atoms with van der Waals surface area (Å²) < 4.78 is 0. The highest BCUT2D eigenvalue weighted by Crippen LogP contribution is 2.23. The van der Waals surface area contributed by atoms with E-state index in [1.807, 2.05) is 32.6 Å². The highest BCUT2D eigenvalue weighted by molar-refractivity contribution is 6.30. The number of carbonyl (C=O) groups excluding carboxylic acids is 1. The Morgan fingerprint density at radius 3 is 2.63 bits per heavy atom. The molecular formula is C13H21ClN4O. The standard InChI is InChI=1S/C13H21ClN4O/c1-5-10-12(14)15-8-16-13(10)18(6-2)7-11(19)17-9(3)4/h8-9H,5-7H2,1-4H3,(H,17,19). The van der Waals surface area contributed by atoms with Crippen LogP contribution in [0.5, 0.6) is 0 Å². The fourth-order valence-corrected chi connectivity index (χ4v) is 2.10. The first-order valence-corrected chi connectivity index (χ1v) is 6.91. The lowest BCUT2D eigenvalue weighted by Gasteiger charge is -2.24. The van der Waals surface area contributed by atoms with Crippen molar-refractivity contribution in [3.8, 4) is 0 Å². The maximum atomic E-state index is 11.9. The highest BCUT2D eigenvalue weighted by atomic mass is 35.5. The maximum absolute atomic E-state index is 11.9. The van der Waals surface area contributed by atoms with Crippen LogP contribution in [0, 0.1) is 0 Å². The van der Waals surface area contributed by atoms with Gasteiger partial charge in [0.2, 0.25) is 5.91 Å². The largest absolute Gasteiger partial charge is 0.352 e. The Bertz CT molecular complexity index is 437. The Hall–Kier alpha value is -1.36. The van der Waals surface area contributed by atoms with Gasteiger partial charge in [0.15, 0.2) is 0 Å². The molecule has 0 spiro atoms. The van der Waals surface area contributed by atoms with Crippen LogP contribution >= 0.6 is 11.6 Å². The second kappa shape index (κ2) is 7.28. The molecule has 106 valence electrons. The Kier molecular flexibility index (Phi) is 6.02. The molecule has 1 amide bonds. The Morgan fingerprint density at radius 1 is 1.42 bits per heavy atom. The van der Waals surface area contributed by atoms with Crippen molar-refractivity contribution in [3.63, 3.8) is 0 Å². The normalized spacial score (nSPS) is 10.6. The second-order valence-electron chi connectivity index (χ2n) is 4.56. The molecule has 0 saturated carbocycles. The molecule has 19 heavy (non-hydrogen) atoms. The zero-order valence-corrected chi connectivity index (χ0v) is 12.7. The number of anilines is 1. The molecule has 0 bridgehead atoms. The van der Waals surface area contributed by atoms with Gasteiger partial charge >= 0.3 is 0 Å². The smallest absolute Gasteiger partial charge is 0.239 e. The van der Waals surface area contributed by atoms with Gasteiger partial charge in [0, 0.05) is 18.2 Å². The summed E-state index contributed by atoms with van der Waals surface area (Å²) in [6.07, 6.45) is 2.16. The Morgan fingerprint density at radius 2 is 2.11 bits per heavy atom. The number of halogens is 1. The van der Waals surface area contributed by atoms with Crippen molar-refractivity contribution in [3.05, 3.63) is 17.0 Å². The summed E-state index contributed by atoms with van der Waals surface area (Å²) in [4.78, 5) is 22.0. The van der Waals surface area contributed by atoms with Gasteiger partial charge in [0.1, 0.15) is 17.3 Å². The van der Waals surface area contributed by atoms with E-state index in [1.54, 1.807) is 0 Å². The number of nitrogens with one attached hydrogen (secondary N) is 1. The maximum Gasteiger partial charge on any atom is 0.239 e. The predicted molar refractivity (Wildman–Crippen MR) is 77.6 cm³/mol. The number of hydrogen-bond acceptors (Lipinski definition) is 4. The van der Waals surface area contributed by atoms with Gasteiger partial charge in [-0.1, -0.05) is 18.5 Å². The van der Waals surface area contributed by atoms with E-state index in [9.17, 15) is 4.79 Å². The fourth-order valence-electron chi connectivity index (χ4n) is 1.84. The summed E-state index contributed by atoms with van der Waals surface area (Å²) in [5.41, 5.74) is 0.878. The highest BCUT2D eigenvalue weighted by Gasteiger charge is 2.17. The third kappa shape index (κ3) is 4.35. The predicted octanol–water partition coefficient (Wildman–Crippen LogP) is 2.04. The summed E-state index contributed by atoms with van der Waals surface area (Å²) in [7, 11) is 0. The molecule has 0 radical (unpaired) electrons. The molecule has 1 heterocycles. The van der Waals surface area contributed by atoms with Gasteiger partial charge in [0.25, 0.3) is 0 Å². The number of nitrogens with zero attached hydrogens (tertiary/aromatic N) is 3. The lowest BCUT2D eigenvalue weighted by molar-refractivity contribution is -0.120. The monoisotopic (exact) mass is 284 g/mol. The fraction of sp³-hybridized carbons (Fsp3) is 0.615. The topological polar surface area (TPSA) is 58.1 Å². The van der Waals surface area contributed by atoms with Crippen LogP contribution in [0.3, 0.4) is 0 Å². The van der Waals surface area contributed by atoms with Crippen LogP contribution in [0.2, 0.25) is 5.15 Å². The molecule has 0 aliphatic heterocycles. The molecule has 0 atom stereocenters. The van der Waals surface area contributed by atoms with Gasteiger partial charge in [-0.3, -0.25) is 4.79 Å². The minimum atomic E-state index is -0.0198. The third-order valence-corrected chi connectivity index (χ3v) is 3.01. The number of amides is 1. The van der Waals surface area contributed by atoms with Crippen LogP contribution in [0.4, 0.5) is 5.82 Å². The number of likely N-dealkylation sites (N-methyl/N-ethyl adjacent to an activating group) is 1. The Balaban J connectivity index is 2.91. The van der Waals surface area contributed by atoms with Crippen LogP contribution in [0.15, 0.2) is 6.33 Å². The zero-order chi connectivity index (χ0) is 14.4. The van der Waals surface area contributed by atoms with Gasteiger partial charge < -0.3 is 10.2 Å². The minimum absolute atomic E-state index is 0.0198. The molecule has 5 nitrogen and oxygen atoms in total. The summed E-state index contributed by atoms with van der Waals surface area (Å²) in [5, 5.41) is 3.33. The van der Waals surface area contributed by atoms with Gasteiger partial charge in [-0.15, -0.1) is 0 Å². The summed E-state index contributed by atoms with van der Waals surface area (Å²) in [6, 6.07) is 0.130. The van der Waals surface area contributed by atoms with Crippen molar-refractivity contribution in [2.75, 3.05) is 18.0 Å². The second-order valence-corrected chi connectivity index (χ2v) is 4.91. The molecule has 0 unspecified atom stereocenters. The van der Waals surface area contributed by atoms with E-state index in [1.165, 1.54) is 6.33 Å². The Labute approximate surface area is 119 Å². The number of aromatic nitrogens is 2. The van der Waals surface area contributed by atoms with Crippen molar-refractivity contribution < 1.29 is 4.79 Å². The number of rotatable bonds is 6. The lowest BCUT2D eigenvalue weighted by atomic mass is 10.2. The summed E-state index contributed by atoms with van der Waals surface area (Å²) in [6.45, 7) is 8.81. The molecular weight excluding hydrogens is 264 g/mol. The van der Waals surface area contributed by atoms with Gasteiger partial charge in [-0.2, -0.15) is 0 Å². The van der Waals surface area contributed by atoms with E-state index < -0.39 is 0 Å². The van der Waals surface area contributed by atoms with E-state index in [-0.39, 0.29) is 18.5 Å². The van der Waals surface area contributed by atoms with Crippen molar-refractivity contribution in [2.24, 2.45) is 0 Å². The van der Waals surface area contributed by atoms with Crippen LogP contribution in [0.1, 0.15) is 33.3 Å². The first kappa shape index (κ1) is 15.7. The number of hydrogen-bond donors (Lipinski definition) is 1. The molecule has 1 aromatic rings. The van der Waals surface area contributed by atoms with E-state index in [2.05, 4.69) is 15.3 Å². The molecule has 6 heteroatoms. The molecule has 0 aliphatic carbocycles. The van der Waals surface area contributed by atoms with Crippen molar-refractivity contribution in [1.82, 2.24) is 15.3 Å². The van der Waals surface area contributed by atoms with E-state index in [4.69, 9.17) is 11.6 Å². The van der Waals surface area contributed by atoms with Crippen molar-refractivity contribution >= 4 is 23.3 Å². The van der Waals surface area contributed by atoms with Gasteiger partial charge in [-0.05, 0) is 27.2 Å². The summed E-state index contributed by atoms with van der Waals surface area (Å²) >= 11 is 6.07. The van der Waals surface area contributed by atoms with E-state index in [0.29, 0.717) is 11.7 Å². The molecule has 1 aromatic heterocycles. The molecule has 1 N–H and O–H groups in total. The van der Waals surface area contributed by atoms with Crippen LogP contribution < -0.4 is 10.2 Å².